The molecule has 24 heavy (non-hydrogen) atoms. The van der Waals surface area contributed by atoms with Crippen LogP contribution in [0.25, 0.3) is 0 Å². The maximum absolute atomic E-state index is 11.9. The van der Waals surface area contributed by atoms with E-state index in [2.05, 4.69) is 33.5 Å². The van der Waals surface area contributed by atoms with Crippen LogP contribution in [0, 0.1) is 0 Å². The first-order valence-corrected chi connectivity index (χ1v) is 8.81. The van der Waals surface area contributed by atoms with E-state index in [1.165, 1.54) is 5.56 Å². The molecule has 2 aromatic carbocycles. The fraction of sp³-hybridized carbons (Fsp3) is 0.222. The summed E-state index contributed by atoms with van der Waals surface area (Å²) in [5, 5.41) is 5.88. The molecule has 1 amide bonds. The summed E-state index contributed by atoms with van der Waals surface area (Å²) in [5.41, 5.74) is 2.29. The third-order valence-corrected chi connectivity index (χ3v) is 4.18. The van der Waals surface area contributed by atoms with Gasteiger partial charge in [0, 0.05) is 6.54 Å². The first-order valence-electron chi connectivity index (χ1n) is 7.61. The topological polar surface area (TPSA) is 50.4 Å². The van der Waals surface area contributed by atoms with Crippen LogP contribution in [0.15, 0.2) is 53.0 Å². The number of ether oxygens (including phenoxy) is 1. The molecule has 0 unspecified atom stereocenters. The van der Waals surface area contributed by atoms with Crippen LogP contribution in [0.3, 0.4) is 0 Å². The second kappa shape index (κ2) is 9.39. The molecule has 0 aliphatic heterocycles. The first kappa shape index (κ1) is 18.4. The Bertz CT molecular complexity index is 707. The van der Waals surface area contributed by atoms with Crippen molar-refractivity contribution in [1.29, 1.82) is 0 Å². The normalized spacial score (nSPS) is 10.1. The highest BCUT2D eigenvalue weighted by Crippen LogP contribution is 2.26. The van der Waals surface area contributed by atoms with E-state index in [0.29, 0.717) is 12.3 Å². The highest BCUT2D eigenvalue weighted by Gasteiger charge is 2.08. The number of nitrogens with one attached hydrogen (secondary N) is 2. The molecule has 0 saturated heterocycles. The van der Waals surface area contributed by atoms with E-state index in [9.17, 15) is 4.79 Å². The van der Waals surface area contributed by atoms with Crippen molar-refractivity contribution in [1.82, 2.24) is 10.6 Å². The molecule has 2 rings (SSSR count). The second-order valence-corrected chi connectivity index (χ2v) is 6.39. The van der Waals surface area contributed by atoms with Gasteiger partial charge in [-0.15, -0.1) is 0 Å². The summed E-state index contributed by atoms with van der Waals surface area (Å²) in [7, 11) is 0. The Morgan fingerprint density at radius 2 is 1.92 bits per heavy atom. The second-order valence-electron chi connectivity index (χ2n) is 5.12. The zero-order valence-corrected chi connectivity index (χ0v) is 15.7. The number of carbonyl (C=O) groups excluding carboxylic acids is 1. The van der Waals surface area contributed by atoms with E-state index in [4.69, 9.17) is 17.0 Å². The Hall–Kier alpha value is -1.92. The van der Waals surface area contributed by atoms with Gasteiger partial charge in [-0.1, -0.05) is 43.3 Å². The van der Waals surface area contributed by atoms with Gasteiger partial charge < -0.3 is 15.4 Å². The van der Waals surface area contributed by atoms with Crippen molar-refractivity contribution in [2.45, 2.75) is 19.9 Å². The van der Waals surface area contributed by atoms with Gasteiger partial charge in [0.05, 0.1) is 4.47 Å². The quantitative estimate of drug-likeness (QED) is 0.719. The minimum Gasteiger partial charge on any atom is -0.483 e. The number of rotatable bonds is 6. The lowest BCUT2D eigenvalue weighted by Gasteiger charge is -2.11. The summed E-state index contributed by atoms with van der Waals surface area (Å²) in [6, 6.07) is 15.6. The van der Waals surface area contributed by atoms with Crippen molar-refractivity contribution in [2.75, 3.05) is 6.61 Å². The van der Waals surface area contributed by atoms with Crippen molar-refractivity contribution in [2.24, 2.45) is 0 Å². The van der Waals surface area contributed by atoms with Crippen LogP contribution in [0.4, 0.5) is 0 Å². The Morgan fingerprint density at radius 3 is 2.58 bits per heavy atom. The molecule has 0 spiro atoms. The van der Waals surface area contributed by atoms with E-state index in [-0.39, 0.29) is 17.6 Å². The van der Waals surface area contributed by atoms with Crippen LogP contribution in [-0.2, 0) is 17.8 Å². The molecule has 0 fully saturated rings. The summed E-state index contributed by atoms with van der Waals surface area (Å²) < 4.78 is 6.35. The van der Waals surface area contributed by atoms with Gasteiger partial charge in [0.15, 0.2) is 11.7 Å². The van der Waals surface area contributed by atoms with Gasteiger partial charge in [0.25, 0.3) is 5.91 Å². The van der Waals surface area contributed by atoms with Crippen molar-refractivity contribution in [3.8, 4) is 5.75 Å². The Balaban J connectivity index is 1.75. The smallest absolute Gasteiger partial charge is 0.264 e. The van der Waals surface area contributed by atoms with Crippen molar-refractivity contribution in [3.63, 3.8) is 0 Å². The van der Waals surface area contributed by atoms with Crippen LogP contribution in [-0.4, -0.2) is 17.6 Å². The summed E-state index contributed by atoms with van der Waals surface area (Å²) in [6.45, 7) is 2.54. The lowest BCUT2D eigenvalue weighted by atomic mass is 10.2. The fourth-order valence-electron chi connectivity index (χ4n) is 2.01. The summed E-state index contributed by atoms with van der Waals surface area (Å²) in [6.07, 6.45) is 0.945. The molecule has 0 heterocycles. The predicted octanol–water partition coefficient (Wildman–Crippen LogP) is 3.58. The van der Waals surface area contributed by atoms with Crippen molar-refractivity contribution >= 4 is 39.2 Å². The number of amides is 1. The highest BCUT2D eigenvalue weighted by atomic mass is 79.9. The van der Waals surface area contributed by atoms with Crippen molar-refractivity contribution in [3.05, 3.63) is 64.1 Å². The van der Waals surface area contributed by atoms with Crippen LogP contribution in [0.5, 0.6) is 5.75 Å². The minimum atomic E-state index is -0.299. The van der Waals surface area contributed by atoms with Gasteiger partial charge in [-0.2, -0.15) is 0 Å². The molecule has 0 bridgehead atoms. The zero-order chi connectivity index (χ0) is 17.4. The number of aryl methyl sites for hydroxylation is 1. The summed E-state index contributed by atoms with van der Waals surface area (Å²) >= 11 is 8.56. The summed E-state index contributed by atoms with van der Waals surface area (Å²) in [5.74, 6) is 0.331. The van der Waals surface area contributed by atoms with E-state index in [0.717, 1.165) is 16.5 Å². The average molecular weight is 407 g/mol. The van der Waals surface area contributed by atoms with Crippen LogP contribution < -0.4 is 15.4 Å². The Labute approximate surface area is 155 Å². The molecule has 0 aliphatic rings. The van der Waals surface area contributed by atoms with Gasteiger partial charge in [-0.3, -0.25) is 4.79 Å². The number of carbonyl (C=O) groups is 1. The number of halogens is 1. The molecular formula is C18H19BrN2O2S. The lowest BCUT2D eigenvalue weighted by Crippen LogP contribution is -2.41. The molecule has 0 aliphatic carbocycles. The maximum atomic E-state index is 11.9. The average Bonchev–Trinajstić information content (AvgIpc) is 2.59. The molecule has 0 aromatic heterocycles. The molecule has 4 nitrogen and oxygen atoms in total. The minimum absolute atomic E-state index is 0.1000. The SMILES string of the molecule is CCc1ccc(OCC(=O)NC(=S)NCc2ccccc2)c(Br)c1. The molecule has 0 atom stereocenters. The van der Waals surface area contributed by atoms with Crippen LogP contribution >= 0.6 is 28.1 Å². The molecule has 0 saturated carbocycles. The predicted molar refractivity (Wildman–Crippen MR) is 103 cm³/mol. The van der Waals surface area contributed by atoms with Crippen LogP contribution in [0.1, 0.15) is 18.1 Å². The third-order valence-electron chi connectivity index (χ3n) is 3.31. The number of hydrogen-bond donors (Lipinski definition) is 2. The van der Waals surface area contributed by atoms with Crippen molar-refractivity contribution < 1.29 is 9.53 Å². The Morgan fingerprint density at radius 1 is 1.17 bits per heavy atom. The fourth-order valence-corrected chi connectivity index (χ4v) is 2.74. The zero-order valence-electron chi connectivity index (χ0n) is 13.3. The number of thiocarbonyl (C=S) groups is 1. The van der Waals surface area contributed by atoms with E-state index in [1.54, 1.807) is 0 Å². The van der Waals surface area contributed by atoms with Gasteiger partial charge in [-0.05, 0) is 57.8 Å². The highest BCUT2D eigenvalue weighted by molar-refractivity contribution is 9.10. The molecule has 0 radical (unpaired) electrons. The van der Waals surface area contributed by atoms with E-state index < -0.39 is 0 Å². The van der Waals surface area contributed by atoms with E-state index >= 15 is 0 Å². The maximum Gasteiger partial charge on any atom is 0.264 e. The van der Waals surface area contributed by atoms with Gasteiger partial charge in [0.1, 0.15) is 5.75 Å². The van der Waals surface area contributed by atoms with Gasteiger partial charge >= 0.3 is 0 Å². The molecule has 126 valence electrons. The molecule has 2 aromatic rings. The van der Waals surface area contributed by atoms with Gasteiger partial charge in [-0.25, -0.2) is 0 Å². The van der Waals surface area contributed by atoms with Gasteiger partial charge in [0.2, 0.25) is 0 Å². The standard InChI is InChI=1S/C18H19BrN2O2S/c1-2-13-8-9-16(15(19)10-13)23-12-17(22)21-18(24)20-11-14-6-4-3-5-7-14/h3-10H,2,11-12H2,1H3,(H2,20,21,22,24). The summed E-state index contributed by atoms with van der Waals surface area (Å²) in [4.78, 5) is 11.9. The first-order chi connectivity index (χ1) is 11.6. The molecular weight excluding hydrogens is 388 g/mol. The molecule has 6 heteroatoms. The lowest BCUT2D eigenvalue weighted by molar-refractivity contribution is -0.121. The number of benzene rings is 2. The number of hydrogen-bond acceptors (Lipinski definition) is 3. The Kier molecular flexibility index (Phi) is 7.21. The third kappa shape index (κ3) is 5.94. The van der Waals surface area contributed by atoms with Crippen LogP contribution in [0.2, 0.25) is 0 Å². The van der Waals surface area contributed by atoms with E-state index in [1.807, 2.05) is 48.5 Å². The monoisotopic (exact) mass is 406 g/mol. The largest absolute Gasteiger partial charge is 0.483 e. The molecule has 2 N–H and O–H groups in total.